The Balaban J connectivity index is 1.89. The third-order valence-electron chi connectivity index (χ3n) is 3.20. The number of benzene rings is 2. The number of carbonyl (C=O) groups is 2. The number of Topliss-reactive ketones (excluding diaryl/α,β-unsaturated/α-hetero) is 1. The van der Waals surface area contributed by atoms with Crippen molar-refractivity contribution in [1.82, 2.24) is 0 Å². The van der Waals surface area contributed by atoms with Gasteiger partial charge in [-0.25, -0.2) is 4.39 Å². The Bertz CT molecular complexity index is 716. The molecule has 2 rings (SSSR count). The van der Waals surface area contributed by atoms with E-state index in [1.165, 1.54) is 12.1 Å². The zero-order valence-electron chi connectivity index (χ0n) is 12.4. The van der Waals surface area contributed by atoms with Crippen molar-refractivity contribution >= 4 is 33.3 Å². The van der Waals surface area contributed by atoms with Gasteiger partial charge in [-0.3, -0.25) is 9.59 Å². The molecular weight excluding hydrogens is 365 g/mol. The maximum atomic E-state index is 13.6. The number of halogens is 2. The minimum Gasteiger partial charge on any atom is -0.497 e. The van der Waals surface area contributed by atoms with Crippen LogP contribution in [0.15, 0.2) is 46.9 Å². The Morgan fingerprint density at radius 3 is 2.43 bits per heavy atom. The van der Waals surface area contributed by atoms with Crippen LogP contribution >= 0.6 is 15.9 Å². The number of hydrogen-bond donors (Lipinski definition) is 1. The molecule has 1 amide bonds. The normalized spacial score (nSPS) is 10.2. The van der Waals surface area contributed by atoms with E-state index >= 15 is 0 Å². The highest BCUT2D eigenvalue weighted by Gasteiger charge is 2.11. The minimum atomic E-state index is -0.533. The van der Waals surface area contributed by atoms with E-state index in [0.717, 1.165) is 0 Å². The number of methoxy groups -OCH3 is 1. The number of carbonyl (C=O) groups excluding carboxylic acids is 2. The highest BCUT2D eigenvalue weighted by atomic mass is 79.9. The summed E-state index contributed by atoms with van der Waals surface area (Å²) in [6.07, 6.45) is 0.0384. The fraction of sp³-hybridized carbons (Fsp3) is 0.176. The average molecular weight is 380 g/mol. The molecule has 0 aliphatic carbocycles. The molecule has 0 saturated heterocycles. The van der Waals surface area contributed by atoms with Crippen molar-refractivity contribution in [2.45, 2.75) is 12.8 Å². The number of ether oxygens (including phenoxy) is 1. The van der Waals surface area contributed by atoms with Crippen LogP contribution in [0.4, 0.5) is 10.1 Å². The summed E-state index contributed by atoms with van der Waals surface area (Å²) >= 11 is 3.14. The SMILES string of the molecule is COc1ccc(C(=O)CCC(=O)Nc2ccc(Br)cc2F)cc1. The first-order valence-electron chi connectivity index (χ1n) is 6.92. The molecule has 0 heterocycles. The second-order valence-corrected chi connectivity index (χ2v) is 5.74. The van der Waals surface area contributed by atoms with Gasteiger partial charge >= 0.3 is 0 Å². The predicted octanol–water partition coefficient (Wildman–Crippen LogP) is 4.20. The molecule has 0 aromatic heterocycles. The van der Waals surface area contributed by atoms with Crippen LogP contribution < -0.4 is 10.1 Å². The Hall–Kier alpha value is -2.21. The summed E-state index contributed by atoms with van der Waals surface area (Å²) in [7, 11) is 1.54. The second-order valence-electron chi connectivity index (χ2n) is 4.82. The molecule has 0 atom stereocenters. The van der Waals surface area contributed by atoms with E-state index in [-0.39, 0.29) is 24.3 Å². The number of anilines is 1. The molecule has 23 heavy (non-hydrogen) atoms. The molecular formula is C17H15BrFNO3. The van der Waals surface area contributed by atoms with Crippen molar-refractivity contribution in [2.24, 2.45) is 0 Å². The van der Waals surface area contributed by atoms with Gasteiger partial charge in [0.05, 0.1) is 12.8 Å². The summed E-state index contributed by atoms with van der Waals surface area (Å²) in [5.41, 5.74) is 0.600. The van der Waals surface area contributed by atoms with Crippen LogP contribution in [0.5, 0.6) is 5.75 Å². The van der Waals surface area contributed by atoms with Gasteiger partial charge in [0.1, 0.15) is 11.6 Å². The standard InChI is InChI=1S/C17H15BrFNO3/c1-23-13-5-2-11(3-6-13)16(21)8-9-17(22)20-15-7-4-12(18)10-14(15)19/h2-7,10H,8-9H2,1H3,(H,20,22). The van der Waals surface area contributed by atoms with Crippen LogP contribution in [0.2, 0.25) is 0 Å². The first-order valence-corrected chi connectivity index (χ1v) is 7.71. The van der Waals surface area contributed by atoms with E-state index in [1.54, 1.807) is 37.4 Å². The molecule has 0 unspecified atom stereocenters. The van der Waals surface area contributed by atoms with Gasteiger partial charge in [0.15, 0.2) is 5.78 Å². The summed E-state index contributed by atoms with van der Waals surface area (Å²) in [5, 5.41) is 2.46. The summed E-state index contributed by atoms with van der Waals surface area (Å²) in [4.78, 5) is 23.8. The van der Waals surface area contributed by atoms with Crippen LogP contribution in [0.1, 0.15) is 23.2 Å². The van der Waals surface area contributed by atoms with Gasteiger partial charge in [-0.15, -0.1) is 0 Å². The van der Waals surface area contributed by atoms with Gasteiger partial charge in [-0.1, -0.05) is 15.9 Å². The molecule has 0 saturated carbocycles. The van der Waals surface area contributed by atoms with Crippen LogP contribution in [-0.2, 0) is 4.79 Å². The minimum absolute atomic E-state index is 0.0135. The van der Waals surface area contributed by atoms with Crippen LogP contribution in [0.3, 0.4) is 0 Å². The zero-order valence-corrected chi connectivity index (χ0v) is 14.0. The van der Waals surface area contributed by atoms with Crippen molar-refractivity contribution in [2.75, 3.05) is 12.4 Å². The lowest BCUT2D eigenvalue weighted by Gasteiger charge is -2.07. The molecule has 4 nitrogen and oxygen atoms in total. The van der Waals surface area contributed by atoms with Gasteiger partial charge in [0, 0.05) is 22.9 Å². The third-order valence-corrected chi connectivity index (χ3v) is 3.69. The molecule has 0 radical (unpaired) electrons. The van der Waals surface area contributed by atoms with Crippen molar-refractivity contribution in [3.8, 4) is 5.75 Å². The van der Waals surface area contributed by atoms with Gasteiger partial charge in [-0.2, -0.15) is 0 Å². The highest BCUT2D eigenvalue weighted by molar-refractivity contribution is 9.10. The fourth-order valence-corrected chi connectivity index (χ4v) is 2.29. The Morgan fingerprint density at radius 1 is 1.13 bits per heavy atom. The van der Waals surface area contributed by atoms with Gasteiger partial charge in [-0.05, 0) is 42.5 Å². The molecule has 6 heteroatoms. The molecule has 0 aliphatic rings. The van der Waals surface area contributed by atoms with E-state index in [9.17, 15) is 14.0 Å². The van der Waals surface area contributed by atoms with Gasteiger partial charge in [0.25, 0.3) is 0 Å². The maximum Gasteiger partial charge on any atom is 0.224 e. The van der Waals surface area contributed by atoms with Crippen LogP contribution in [0, 0.1) is 5.82 Å². The zero-order chi connectivity index (χ0) is 16.8. The lowest BCUT2D eigenvalue weighted by molar-refractivity contribution is -0.116. The predicted molar refractivity (Wildman–Crippen MR) is 89.3 cm³/mol. The van der Waals surface area contributed by atoms with Crippen molar-refractivity contribution in [3.05, 3.63) is 58.3 Å². The van der Waals surface area contributed by atoms with Crippen molar-refractivity contribution < 1.29 is 18.7 Å². The van der Waals surface area contributed by atoms with Crippen LogP contribution in [-0.4, -0.2) is 18.8 Å². The number of hydrogen-bond acceptors (Lipinski definition) is 3. The molecule has 0 fully saturated rings. The van der Waals surface area contributed by atoms with Gasteiger partial charge < -0.3 is 10.1 Å². The molecule has 0 spiro atoms. The van der Waals surface area contributed by atoms with E-state index in [0.29, 0.717) is 15.8 Å². The average Bonchev–Trinajstić information content (AvgIpc) is 2.55. The molecule has 2 aromatic carbocycles. The quantitative estimate of drug-likeness (QED) is 0.765. The third kappa shape index (κ3) is 4.89. The highest BCUT2D eigenvalue weighted by Crippen LogP contribution is 2.20. The summed E-state index contributed by atoms with van der Waals surface area (Å²) in [6.45, 7) is 0. The van der Waals surface area contributed by atoms with Crippen molar-refractivity contribution in [3.63, 3.8) is 0 Å². The van der Waals surface area contributed by atoms with E-state index in [4.69, 9.17) is 4.74 Å². The van der Waals surface area contributed by atoms with E-state index < -0.39 is 11.7 Å². The molecule has 0 aliphatic heterocycles. The van der Waals surface area contributed by atoms with E-state index in [2.05, 4.69) is 21.2 Å². The monoisotopic (exact) mass is 379 g/mol. The maximum absolute atomic E-state index is 13.6. The summed E-state index contributed by atoms with van der Waals surface area (Å²) in [6, 6.07) is 11.0. The van der Waals surface area contributed by atoms with Gasteiger partial charge in [0.2, 0.25) is 5.91 Å². The second kappa shape index (κ2) is 7.87. The lowest BCUT2D eigenvalue weighted by Crippen LogP contribution is -2.14. The topological polar surface area (TPSA) is 55.4 Å². The molecule has 2 aromatic rings. The number of nitrogens with one attached hydrogen (secondary N) is 1. The summed E-state index contributed by atoms with van der Waals surface area (Å²) in [5.74, 6) is -0.439. The Morgan fingerprint density at radius 2 is 1.83 bits per heavy atom. The number of amides is 1. The Labute approximate surface area is 141 Å². The number of rotatable bonds is 6. The largest absolute Gasteiger partial charge is 0.497 e. The smallest absolute Gasteiger partial charge is 0.224 e. The lowest BCUT2D eigenvalue weighted by atomic mass is 10.1. The Kier molecular flexibility index (Phi) is 5.87. The van der Waals surface area contributed by atoms with Crippen molar-refractivity contribution in [1.29, 1.82) is 0 Å². The first kappa shape index (κ1) is 17.1. The molecule has 1 N–H and O–H groups in total. The fourth-order valence-electron chi connectivity index (χ4n) is 1.95. The van der Waals surface area contributed by atoms with E-state index in [1.807, 2.05) is 0 Å². The van der Waals surface area contributed by atoms with Crippen LogP contribution in [0.25, 0.3) is 0 Å². The summed E-state index contributed by atoms with van der Waals surface area (Å²) < 4.78 is 19.2. The number of ketones is 1. The molecule has 120 valence electrons. The first-order chi connectivity index (χ1) is 11.0. The molecule has 0 bridgehead atoms.